The Morgan fingerprint density at radius 1 is 1.47 bits per heavy atom. The highest BCUT2D eigenvalue weighted by Gasteiger charge is 2.32. The Morgan fingerprint density at radius 2 is 2.12 bits per heavy atom. The van der Waals surface area contributed by atoms with Gasteiger partial charge in [-0.2, -0.15) is 0 Å². The Labute approximate surface area is 102 Å². The molecule has 1 rings (SSSR count). The first-order chi connectivity index (χ1) is 7.85. The van der Waals surface area contributed by atoms with Gasteiger partial charge in [0, 0.05) is 19.6 Å². The molecule has 2 N–H and O–H groups in total. The van der Waals surface area contributed by atoms with Gasteiger partial charge in [0.05, 0.1) is 5.92 Å². The van der Waals surface area contributed by atoms with Crippen molar-refractivity contribution in [3.05, 3.63) is 0 Å². The van der Waals surface area contributed by atoms with Gasteiger partial charge in [-0.05, 0) is 18.3 Å². The first-order valence-electron chi connectivity index (χ1n) is 6.11. The van der Waals surface area contributed by atoms with Crippen molar-refractivity contribution in [1.82, 2.24) is 10.2 Å². The van der Waals surface area contributed by atoms with Crippen molar-refractivity contribution in [3.63, 3.8) is 0 Å². The number of nitrogens with zero attached hydrogens (tertiary/aromatic N) is 1. The Hall–Kier alpha value is -1.26. The number of carboxylic acids is 1. The van der Waals surface area contributed by atoms with E-state index < -0.39 is 11.9 Å². The molecule has 5 nitrogen and oxygen atoms in total. The van der Waals surface area contributed by atoms with Crippen LogP contribution in [0.25, 0.3) is 0 Å². The van der Waals surface area contributed by atoms with Crippen molar-refractivity contribution in [2.24, 2.45) is 11.3 Å². The predicted molar refractivity (Wildman–Crippen MR) is 64.8 cm³/mol. The lowest BCUT2D eigenvalue weighted by Crippen LogP contribution is -2.42. The summed E-state index contributed by atoms with van der Waals surface area (Å²) in [5.41, 5.74) is 0.175. The van der Waals surface area contributed by atoms with Crippen molar-refractivity contribution in [2.75, 3.05) is 19.6 Å². The quantitative estimate of drug-likeness (QED) is 0.785. The van der Waals surface area contributed by atoms with Gasteiger partial charge in [0.2, 0.25) is 0 Å². The van der Waals surface area contributed by atoms with Gasteiger partial charge in [-0.25, -0.2) is 4.79 Å². The number of hydrogen-bond donors (Lipinski definition) is 2. The van der Waals surface area contributed by atoms with E-state index in [4.69, 9.17) is 5.11 Å². The minimum Gasteiger partial charge on any atom is -0.481 e. The molecule has 1 heterocycles. The molecule has 2 amide bonds. The number of urea groups is 1. The van der Waals surface area contributed by atoms with E-state index in [1.807, 2.05) is 6.92 Å². The van der Waals surface area contributed by atoms with Crippen LogP contribution in [0.15, 0.2) is 0 Å². The van der Waals surface area contributed by atoms with Crippen LogP contribution in [0.2, 0.25) is 0 Å². The van der Waals surface area contributed by atoms with Gasteiger partial charge < -0.3 is 15.3 Å². The number of carboxylic acid groups (broad SMARTS) is 1. The Balaban J connectivity index is 2.38. The maximum atomic E-state index is 11.8. The fourth-order valence-corrected chi connectivity index (χ4v) is 2.01. The topological polar surface area (TPSA) is 69.6 Å². The summed E-state index contributed by atoms with van der Waals surface area (Å²) in [5.74, 6) is -1.34. The van der Waals surface area contributed by atoms with Gasteiger partial charge in [0.1, 0.15) is 0 Å². The third kappa shape index (κ3) is 3.91. The Bertz CT molecular complexity index is 302. The van der Waals surface area contributed by atoms with E-state index in [0.29, 0.717) is 6.42 Å². The highest BCUT2D eigenvalue weighted by molar-refractivity contribution is 5.76. The summed E-state index contributed by atoms with van der Waals surface area (Å²) in [7, 11) is 0. The summed E-state index contributed by atoms with van der Waals surface area (Å²) >= 11 is 0. The molecule has 17 heavy (non-hydrogen) atoms. The van der Waals surface area contributed by atoms with Gasteiger partial charge >= 0.3 is 12.0 Å². The average molecular weight is 242 g/mol. The number of rotatable bonds is 4. The van der Waals surface area contributed by atoms with Crippen LogP contribution < -0.4 is 5.32 Å². The summed E-state index contributed by atoms with van der Waals surface area (Å²) in [6, 6.07) is -0.143. The summed E-state index contributed by atoms with van der Waals surface area (Å²) < 4.78 is 0. The van der Waals surface area contributed by atoms with E-state index in [1.54, 1.807) is 4.90 Å². The molecule has 1 fully saturated rings. The lowest BCUT2D eigenvalue weighted by atomic mass is 9.93. The van der Waals surface area contributed by atoms with Crippen LogP contribution in [0.1, 0.15) is 33.6 Å². The molecule has 5 heteroatoms. The molecule has 1 saturated heterocycles. The van der Waals surface area contributed by atoms with Gasteiger partial charge in [0.25, 0.3) is 0 Å². The molecule has 0 radical (unpaired) electrons. The molecule has 98 valence electrons. The first kappa shape index (κ1) is 13.8. The molecular formula is C12H22N2O3. The number of amides is 2. The van der Waals surface area contributed by atoms with Crippen molar-refractivity contribution >= 4 is 12.0 Å². The Kier molecular flexibility index (Phi) is 4.37. The second-order valence-electron chi connectivity index (χ2n) is 5.47. The van der Waals surface area contributed by atoms with Crippen LogP contribution in [0, 0.1) is 11.3 Å². The zero-order valence-electron chi connectivity index (χ0n) is 10.8. The highest BCUT2D eigenvalue weighted by atomic mass is 16.4. The number of carbonyl (C=O) groups is 2. The summed E-state index contributed by atoms with van der Waals surface area (Å²) in [6.07, 6.45) is 1.53. The fraction of sp³-hybridized carbons (Fsp3) is 0.833. The molecular weight excluding hydrogens is 220 g/mol. The molecule has 1 aliphatic rings. The second-order valence-corrected chi connectivity index (χ2v) is 5.47. The van der Waals surface area contributed by atoms with Crippen LogP contribution in [0.4, 0.5) is 4.79 Å². The van der Waals surface area contributed by atoms with Crippen molar-refractivity contribution in [1.29, 1.82) is 0 Å². The normalized spacial score (nSPS) is 20.1. The van der Waals surface area contributed by atoms with Crippen molar-refractivity contribution < 1.29 is 14.7 Å². The number of carbonyl (C=O) groups excluding carboxylic acids is 1. The third-order valence-corrected chi connectivity index (χ3v) is 3.31. The molecule has 0 aromatic carbocycles. The van der Waals surface area contributed by atoms with Crippen molar-refractivity contribution in [2.45, 2.75) is 33.6 Å². The molecule has 0 saturated carbocycles. The molecule has 0 aromatic rings. The zero-order valence-corrected chi connectivity index (χ0v) is 10.8. The van der Waals surface area contributed by atoms with Crippen LogP contribution >= 0.6 is 0 Å². The SMILES string of the molecule is CCC(CNC(=O)N1CCC(C)(C)C1)C(=O)O. The molecule has 0 bridgehead atoms. The van der Waals surface area contributed by atoms with Gasteiger partial charge in [-0.15, -0.1) is 0 Å². The molecule has 0 aliphatic carbocycles. The van der Waals surface area contributed by atoms with Gasteiger partial charge in [-0.3, -0.25) is 4.79 Å². The molecule has 0 spiro atoms. The number of aliphatic carboxylic acids is 1. The molecule has 1 atom stereocenters. The summed E-state index contributed by atoms with van der Waals surface area (Å²) in [5, 5.41) is 11.6. The number of hydrogen-bond acceptors (Lipinski definition) is 2. The lowest BCUT2D eigenvalue weighted by Gasteiger charge is -2.21. The van der Waals surface area contributed by atoms with E-state index in [-0.39, 0.29) is 18.0 Å². The number of likely N-dealkylation sites (tertiary alicyclic amines) is 1. The summed E-state index contributed by atoms with van der Waals surface area (Å²) in [6.45, 7) is 7.77. The predicted octanol–water partition coefficient (Wildman–Crippen LogP) is 1.54. The van der Waals surface area contributed by atoms with E-state index >= 15 is 0 Å². The van der Waals surface area contributed by atoms with Crippen LogP contribution in [0.5, 0.6) is 0 Å². The van der Waals surface area contributed by atoms with Crippen LogP contribution in [-0.4, -0.2) is 41.6 Å². The number of nitrogens with one attached hydrogen (secondary N) is 1. The fourth-order valence-electron chi connectivity index (χ4n) is 2.01. The highest BCUT2D eigenvalue weighted by Crippen LogP contribution is 2.28. The maximum Gasteiger partial charge on any atom is 0.317 e. The largest absolute Gasteiger partial charge is 0.481 e. The van der Waals surface area contributed by atoms with Gasteiger partial charge in [-0.1, -0.05) is 20.8 Å². The molecule has 1 aliphatic heterocycles. The van der Waals surface area contributed by atoms with E-state index in [9.17, 15) is 9.59 Å². The standard InChI is InChI=1S/C12H22N2O3/c1-4-9(10(15)16)7-13-11(17)14-6-5-12(2,3)8-14/h9H,4-8H2,1-3H3,(H,13,17)(H,15,16). The minimum absolute atomic E-state index is 0.143. The van der Waals surface area contributed by atoms with E-state index in [2.05, 4.69) is 19.2 Å². The minimum atomic E-state index is -0.852. The first-order valence-corrected chi connectivity index (χ1v) is 6.11. The zero-order chi connectivity index (χ0) is 13.1. The average Bonchev–Trinajstić information content (AvgIpc) is 2.59. The molecule has 1 unspecified atom stereocenters. The van der Waals surface area contributed by atoms with Crippen LogP contribution in [-0.2, 0) is 4.79 Å². The smallest absolute Gasteiger partial charge is 0.317 e. The van der Waals surface area contributed by atoms with E-state index in [0.717, 1.165) is 19.5 Å². The maximum absolute atomic E-state index is 11.8. The second kappa shape index (κ2) is 5.38. The summed E-state index contributed by atoms with van der Waals surface area (Å²) in [4.78, 5) is 24.4. The van der Waals surface area contributed by atoms with Gasteiger partial charge in [0.15, 0.2) is 0 Å². The Morgan fingerprint density at radius 3 is 2.53 bits per heavy atom. The molecule has 0 aromatic heterocycles. The van der Waals surface area contributed by atoms with Crippen LogP contribution in [0.3, 0.4) is 0 Å². The lowest BCUT2D eigenvalue weighted by molar-refractivity contribution is -0.141. The monoisotopic (exact) mass is 242 g/mol. The van der Waals surface area contributed by atoms with Crippen molar-refractivity contribution in [3.8, 4) is 0 Å². The third-order valence-electron chi connectivity index (χ3n) is 3.31. The van der Waals surface area contributed by atoms with E-state index in [1.165, 1.54) is 0 Å².